The zero-order chi connectivity index (χ0) is 19.7. The molecular weight excluding hydrogens is 376 g/mol. The number of amides is 1. The highest BCUT2D eigenvalue weighted by molar-refractivity contribution is 6.29. The van der Waals surface area contributed by atoms with E-state index in [2.05, 4.69) is 4.98 Å². The van der Waals surface area contributed by atoms with Gasteiger partial charge in [0.15, 0.2) is 0 Å². The molecule has 4 rings (SSSR count). The third-order valence-corrected chi connectivity index (χ3v) is 6.43. The normalized spacial score (nSPS) is 27.2. The lowest BCUT2D eigenvalue weighted by Crippen LogP contribution is -2.59. The van der Waals surface area contributed by atoms with Crippen molar-refractivity contribution in [2.45, 2.75) is 43.7 Å². The molecule has 1 saturated heterocycles. The van der Waals surface area contributed by atoms with E-state index in [1.807, 2.05) is 35.2 Å². The highest BCUT2D eigenvalue weighted by Crippen LogP contribution is 2.47. The Bertz CT molecular complexity index is 860. The topological polar surface area (TPSA) is 62.7 Å². The molecule has 0 bridgehead atoms. The van der Waals surface area contributed by atoms with Crippen LogP contribution in [0.25, 0.3) is 0 Å². The number of rotatable bonds is 3. The number of carbonyl (C=O) groups is 1. The molecule has 1 amide bonds. The van der Waals surface area contributed by atoms with Crippen LogP contribution in [0.3, 0.4) is 0 Å². The molecule has 0 spiro atoms. The first-order chi connectivity index (χ1) is 13.5. The molecule has 148 valence electrons. The van der Waals surface area contributed by atoms with E-state index in [4.69, 9.17) is 16.3 Å². The van der Waals surface area contributed by atoms with Crippen molar-refractivity contribution < 1.29 is 14.6 Å². The van der Waals surface area contributed by atoms with Gasteiger partial charge in [0.2, 0.25) is 5.88 Å². The number of aliphatic hydroxyl groups is 1. The average Bonchev–Trinajstić information content (AvgIpc) is 2.74. The molecule has 2 aliphatic rings. The number of hydrogen-bond acceptors (Lipinski definition) is 4. The predicted octanol–water partition coefficient (Wildman–Crippen LogP) is 4.04. The van der Waals surface area contributed by atoms with Gasteiger partial charge in [0.05, 0.1) is 12.7 Å². The van der Waals surface area contributed by atoms with Gasteiger partial charge in [-0.25, -0.2) is 4.98 Å². The van der Waals surface area contributed by atoms with Gasteiger partial charge in [-0.05, 0) is 30.9 Å². The van der Waals surface area contributed by atoms with Crippen LogP contribution in [0.5, 0.6) is 5.88 Å². The lowest BCUT2D eigenvalue weighted by molar-refractivity contribution is -0.110. The first-order valence-electron chi connectivity index (χ1n) is 9.83. The minimum atomic E-state index is -0.892. The summed E-state index contributed by atoms with van der Waals surface area (Å²) in [5, 5.41) is 11.9. The van der Waals surface area contributed by atoms with E-state index in [1.165, 1.54) is 7.11 Å². The second kappa shape index (κ2) is 7.72. The zero-order valence-electron chi connectivity index (χ0n) is 16.0. The third-order valence-electron chi connectivity index (χ3n) is 6.24. The summed E-state index contributed by atoms with van der Waals surface area (Å²) < 4.78 is 5.16. The first kappa shape index (κ1) is 19.2. The fourth-order valence-electron chi connectivity index (χ4n) is 4.89. The van der Waals surface area contributed by atoms with E-state index in [-0.39, 0.29) is 23.0 Å². The van der Waals surface area contributed by atoms with E-state index >= 15 is 0 Å². The van der Waals surface area contributed by atoms with Crippen LogP contribution >= 0.6 is 11.6 Å². The summed E-state index contributed by atoms with van der Waals surface area (Å²) in [6, 6.07) is 13.1. The molecule has 5 nitrogen and oxygen atoms in total. The minimum Gasteiger partial charge on any atom is -0.481 e. The van der Waals surface area contributed by atoms with Crippen molar-refractivity contribution in [3.8, 4) is 5.88 Å². The van der Waals surface area contributed by atoms with Crippen LogP contribution in [-0.4, -0.2) is 40.6 Å². The van der Waals surface area contributed by atoms with Crippen LogP contribution in [0.4, 0.5) is 0 Å². The molecule has 6 heteroatoms. The number of aromatic nitrogens is 1. The summed E-state index contributed by atoms with van der Waals surface area (Å²) in [7, 11) is 1.50. The highest BCUT2D eigenvalue weighted by atomic mass is 35.5. The number of piperidine rings is 1. The van der Waals surface area contributed by atoms with Crippen LogP contribution in [-0.2, 0) is 5.60 Å². The molecule has 1 N–H and O–H groups in total. The first-order valence-corrected chi connectivity index (χ1v) is 10.2. The number of ether oxygens (including phenoxy) is 1. The Morgan fingerprint density at radius 2 is 2.00 bits per heavy atom. The molecule has 1 unspecified atom stereocenters. The molecule has 1 saturated carbocycles. The van der Waals surface area contributed by atoms with Crippen LogP contribution < -0.4 is 4.74 Å². The van der Waals surface area contributed by atoms with Crippen LogP contribution in [0, 0.1) is 5.92 Å². The summed E-state index contributed by atoms with van der Waals surface area (Å²) in [6.45, 7) is 0.508. The van der Waals surface area contributed by atoms with E-state index in [0.29, 0.717) is 24.4 Å². The van der Waals surface area contributed by atoms with Crippen molar-refractivity contribution in [1.29, 1.82) is 0 Å². The van der Waals surface area contributed by atoms with Gasteiger partial charge in [0.25, 0.3) is 5.91 Å². The fourth-order valence-corrected chi connectivity index (χ4v) is 5.09. The summed E-state index contributed by atoms with van der Waals surface area (Å²) in [5.74, 6) is 0.281. The molecule has 3 atom stereocenters. The summed E-state index contributed by atoms with van der Waals surface area (Å²) >= 11 is 6.07. The van der Waals surface area contributed by atoms with E-state index in [0.717, 1.165) is 31.2 Å². The largest absolute Gasteiger partial charge is 0.481 e. The molecule has 1 aromatic carbocycles. The van der Waals surface area contributed by atoms with Gasteiger partial charge in [-0.15, -0.1) is 0 Å². The zero-order valence-corrected chi connectivity index (χ0v) is 16.7. The van der Waals surface area contributed by atoms with Gasteiger partial charge in [0.1, 0.15) is 5.15 Å². The second-order valence-electron chi connectivity index (χ2n) is 7.72. The fraction of sp³-hybridized carbons (Fsp3) is 0.455. The van der Waals surface area contributed by atoms with Crippen molar-refractivity contribution in [3.05, 3.63) is 58.7 Å². The highest BCUT2D eigenvalue weighted by Gasteiger charge is 2.50. The molecule has 1 aromatic heterocycles. The lowest BCUT2D eigenvalue weighted by Gasteiger charge is -2.52. The Labute approximate surface area is 170 Å². The standard InChI is InChI=1S/C22H25ClN2O3/c1-28-20-14-15(13-19(23)24-20)21(26)25-12-11-22(27,16-7-3-2-4-8-16)17-9-5-6-10-18(17)25/h2-4,7-8,13-14,17-18,27H,5-6,9-12H2,1H3/t17-,18?,22-/m1/s1. The number of hydrogen-bond donors (Lipinski definition) is 1. The number of carbonyl (C=O) groups excluding carboxylic acids is 1. The molecule has 1 aliphatic carbocycles. The number of halogens is 1. The van der Waals surface area contributed by atoms with Gasteiger partial charge < -0.3 is 14.7 Å². The Morgan fingerprint density at radius 3 is 2.75 bits per heavy atom. The van der Waals surface area contributed by atoms with Crippen molar-refractivity contribution >= 4 is 17.5 Å². The van der Waals surface area contributed by atoms with E-state index < -0.39 is 5.60 Å². The minimum absolute atomic E-state index is 0.0122. The van der Waals surface area contributed by atoms with Crippen LogP contribution in [0.2, 0.25) is 5.15 Å². The maximum absolute atomic E-state index is 13.3. The predicted molar refractivity (Wildman–Crippen MR) is 108 cm³/mol. The maximum atomic E-state index is 13.3. The third kappa shape index (κ3) is 3.38. The molecular formula is C22H25ClN2O3. The maximum Gasteiger partial charge on any atom is 0.254 e. The monoisotopic (exact) mass is 400 g/mol. The molecule has 1 aliphatic heterocycles. The Balaban J connectivity index is 1.66. The van der Waals surface area contributed by atoms with Crippen LogP contribution in [0.15, 0.2) is 42.5 Å². The number of pyridine rings is 1. The van der Waals surface area contributed by atoms with Crippen molar-refractivity contribution in [2.24, 2.45) is 5.92 Å². The smallest absolute Gasteiger partial charge is 0.254 e. The second-order valence-corrected chi connectivity index (χ2v) is 8.11. The van der Waals surface area contributed by atoms with Gasteiger partial charge in [-0.3, -0.25) is 4.79 Å². The summed E-state index contributed by atoms with van der Waals surface area (Å²) in [6.07, 6.45) is 4.49. The molecule has 2 fully saturated rings. The summed E-state index contributed by atoms with van der Waals surface area (Å²) in [4.78, 5) is 19.3. The Kier molecular flexibility index (Phi) is 5.30. The van der Waals surface area contributed by atoms with Crippen molar-refractivity contribution in [3.63, 3.8) is 0 Å². The van der Waals surface area contributed by atoms with Gasteiger partial charge in [0, 0.05) is 30.1 Å². The molecule has 28 heavy (non-hydrogen) atoms. The Morgan fingerprint density at radius 1 is 1.25 bits per heavy atom. The number of likely N-dealkylation sites (tertiary alicyclic amines) is 1. The lowest BCUT2D eigenvalue weighted by atomic mass is 9.66. The van der Waals surface area contributed by atoms with E-state index in [1.54, 1.807) is 12.1 Å². The van der Waals surface area contributed by atoms with Crippen molar-refractivity contribution in [1.82, 2.24) is 9.88 Å². The van der Waals surface area contributed by atoms with E-state index in [9.17, 15) is 9.90 Å². The van der Waals surface area contributed by atoms with Crippen LogP contribution in [0.1, 0.15) is 48.0 Å². The van der Waals surface area contributed by atoms with Gasteiger partial charge >= 0.3 is 0 Å². The number of benzene rings is 1. The number of nitrogens with zero attached hydrogens (tertiary/aromatic N) is 2. The van der Waals surface area contributed by atoms with Crippen molar-refractivity contribution in [2.75, 3.05) is 13.7 Å². The Hall–Kier alpha value is -2.11. The van der Waals surface area contributed by atoms with Gasteiger partial charge in [-0.2, -0.15) is 0 Å². The summed E-state index contributed by atoms with van der Waals surface area (Å²) in [5.41, 5.74) is 0.537. The number of methoxy groups -OCH3 is 1. The molecule has 2 aromatic rings. The number of fused-ring (bicyclic) bond motifs is 1. The SMILES string of the molecule is COc1cc(C(=O)N2CC[C@@](O)(c3ccccc3)[C@@H]3CCCCC32)cc(Cl)n1. The average molecular weight is 401 g/mol. The molecule has 0 radical (unpaired) electrons. The quantitative estimate of drug-likeness (QED) is 0.790. The molecule has 2 heterocycles. The van der Waals surface area contributed by atoms with Gasteiger partial charge in [-0.1, -0.05) is 54.8 Å².